The molecule has 2 amide bonds. The summed E-state index contributed by atoms with van der Waals surface area (Å²) in [5.74, 6) is 1.56. The fourth-order valence-electron chi connectivity index (χ4n) is 5.76. The molecule has 2 N–H and O–H groups in total. The monoisotopic (exact) mass is 885 g/mol. The number of piperidine rings is 2. The maximum Gasteiger partial charge on any atom is 0.410 e. The number of aliphatic hydroxyl groups is 1. The molecule has 0 bridgehead atoms. The van der Waals surface area contributed by atoms with Crippen molar-refractivity contribution in [3.63, 3.8) is 0 Å². The van der Waals surface area contributed by atoms with Crippen LogP contribution in [0.25, 0.3) is 0 Å². The number of hydrogen-bond acceptors (Lipinski definition) is 10. The summed E-state index contributed by atoms with van der Waals surface area (Å²) in [5, 5.41) is 10.5. The van der Waals surface area contributed by atoms with E-state index in [-0.39, 0.29) is 44.7 Å². The van der Waals surface area contributed by atoms with Crippen molar-refractivity contribution in [2.45, 2.75) is 144 Å². The third kappa shape index (κ3) is 23.0. The first-order valence-electron chi connectivity index (χ1n) is 19.4. The van der Waals surface area contributed by atoms with Crippen LogP contribution in [0.4, 0.5) is 9.59 Å². The number of nitrogens with one attached hydrogen (secondary N) is 1. The SMILES string of the molecule is C.C.CC(C)(C)OC(=O)N1CCC(O)CC1.CC(C)(C)OC(=O)N1CCC(Oc2ccnc(Cl)c2)CC1.Clc1cc(OC2CCCCC2)ccn1.O=c1cc[nH]c(Cl)c1. The van der Waals surface area contributed by atoms with Crippen molar-refractivity contribution in [1.29, 1.82) is 0 Å². The zero-order valence-electron chi connectivity index (χ0n) is 33.8. The molecular weight excluding hydrogens is 821 g/mol. The largest absolute Gasteiger partial charge is 0.490 e. The van der Waals surface area contributed by atoms with Gasteiger partial charge in [0.25, 0.3) is 0 Å². The van der Waals surface area contributed by atoms with Crippen molar-refractivity contribution in [2.24, 2.45) is 0 Å². The summed E-state index contributed by atoms with van der Waals surface area (Å²) in [6.07, 6.45) is 13.6. The predicted molar refractivity (Wildman–Crippen MR) is 236 cm³/mol. The Labute approximate surface area is 366 Å². The molecule has 3 aromatic rings. The number of H-pyrrole nitrogens is 1. The van der Waals surface area contributed by atoms with Gasteiger partial charge in [-0.2, -0.15) is 0 Å². The maximum atomic E-state index is 12.0. The molecule has 2 saturated heterocycles. The molecule has 3 aliphatic rings. The second kappa shape index (κ2) is 26.4. The van der Waals surface area contributed by atoms with Crippen molar-refractivity contribution in [2.75, 3.05) is 26.2 Å². The highest BCUT2D eigenvalue weighted by Crippen LogP contribution is 2.25. The van der Waals surface area contributed by atoms with Crippen molar-refractivity contribution in [3.05, 3.63) is 80.7 Å². The Hall–Kier alpha value is -3.78. The highest BCUT2D eigenvalue weighted by molar-refractivity contribution is 6.30. The Morgan fingerprint density at radius 2 is 1.10 bits per heavy atom. The van der Waals surface area contributed by atoms with E-state index in [1.54, 1.807) is 40.4 Å². The van der Waals surface area contributed by atoms with E-state index >= 15 is 0 Å². The van der Waals surface area contributed by atoms with E-state index in [2.05, 4.69) is 15.0 Å². The number of carbonyl (C=O) groups excluding carboxylic acids is 2. The van der Waals surface area contributed by atoms with Gasteiger partial charge in [-0.15, -0.1) is 0 Å². The Kier molecular flexibility index (Phi) is 23.9. The lowest BCUT2D eigenvalue weighted by atomic mass is 9.98. The summed E-state index contributed by atoms with van der Waals surface area (Å²) >= 11 is 17.0. The Morgan fingerprint density at radius 3 is 1.47 bits per heavy atom. The summed E-state index contributed by atoms with van der Waals surface area (Å²) < 4.78 is 22.3. The van der Waals surface area contributed by atoms with Crippen LogP contribution < -0.4 is 14.9 Å². The third-order valence-electron chi connectivity index (χ3n) is 8.50. The highest BCUT2D eigenvalue weighted by atomic mass is 35.5. The number of aliphatic hydroxyl groups excluding tert-OH is 1. The van der Waals surface area contributed by atoms with Crippen LogP contribution in [0.5, 0.6) is 11.5 Å². The Balaban J connectivity index is 0.000000407. The zero-order chi connectivity index (χ0) is 42.0. The van der Waals surface area contributed by atoms with Crippen LogP contribution in [-0.4, -0.2) is 97.7 Å². The van der Waals surface area contributed by atoms with E-state index in [0.717, 1.165) is 18.6 Å². The molecule has 2 aliphatic heterocycles. The third-order valence-corrected chi connectivity index (χ3v) is 9.13. The molecule has 1 saturated carbocycles. The number of aromatic amines is 1. The number of aromatic nitrogens is 3. The van der Waals surface area contributed by atoms with Gasteiger partial charge in [0.15, 0.2) is 5.43 Å². The average Bonchev–Trinajstić information content (AvgIpc) is 3.12. The van der Waals surface area contributed by atoms with Crippen molar-refractivity contribution < 1.29 is 33.6 Å². The van der Waals surface area contributed by atoms with E-state index in [1.165, 1.54) is 50.4 Å². The first-order valence-corrected chi connectivity index (χ1v) is 20.5. The van der Waals surface area contributed by atoms with Gasteiger partial charge < -0.3 is 38.8 Å². The average molecular weight is 887 g/mol. The summed E-state index contributed by atoms with van der Waals surface area (Å²) in [6.45, 7) is 13.6. The first-order chi connectivity index (χ1) is 26.8. The van der Waals surface area contributed by atoms with Gasteiger partial charge in [0, 0.05) is 81.9 Å². The van der Waals surface area contributed by atoms with E-state index < -0.39 is 11.2 Å². The Bertz CT molecular complexity index is 1710. The number of halogens is 3. The number of pyridine rings is 3. The standard InChI is InChI=1S/C15H21ClN2O3.C11H14ClNO.C10H19NO3.C5H4ClNO.2CH4/c1-15(2,3)21-14(19)18-8-5-11(6-9-18)20-12-4-7-17-13(16)10-12;12-11-8-10(6-7-13-11)14-9-4-2-1-3-5-9;1-10(2,3)14-9(13)11-6-4-8(12)5-7-11;6-5-3-4(8)1-2-7-5;;/h4,7,10-11H,5-6,8-9H2,1-3H3;6-9H,1-5H2;8,12H,4-7H2,1-3H3;1-3H,(H,7,8);2*1H4. The molecule has 0 atom stereocenters. The van der Waals surface area contributed by atoms with Crippen LogP contribution >= 0.6 is 34.8 Å². The van der Waals surface area contributed by atoms with Gasteiger partial charge in [0.1, 0.15) is 44.3 Å². The summed E-state index contributed by atoms with van der Waals surface area (Å²) in [7, 11) is 0. The minimum Gasteiger partial charge on any atom is -0.490 e. The smallest absolute Gasteiger partial charge is 0.410 e. The lowest BCUT2D eigenvalue weighted by Gasteiger charge is -2.33. The molecule has 59 heavy (non-hydrogen) atoms. The molecule has 5 heterocycles. The fraction of sp³-hybridized carbons (Fsp3) is 0.605. The maximum absolute atomic E-state index is 12.0. The summed E-state index contributed by atoms with van der Waals surface area (Å²) in [6, 6.07) is 9.85. The predicted octanol–water partition coefficient (Wildman–Crippen LogP) is 10.6. The molecule has 16 heteroatoms. The van der Waals surface area contributed by atoms with Crippen molar-refractivity contribution >= 4 is 47.0 Å². The van der Waals surface area contributed by atoms with Gasteiger partial charge in [0.05, 0.1) is 12.2 Å². The second-order valence-corrected chi connectivity index (χ2v) is 17.0. The molecule has 1 aliphatic carbocycles. The number of likely N-dealkylation sites (tertiary alicyclic amines) is 2. The number of ether oxygens (including phenoxy) is 4. The van der Waals surface area contributed by atoms with E-state index in [0.29, 0.717) is 66.3 Å². The first kappa shape index (κ1) is 53.2. The quantitative estimate of drug-likeness (QED) is 0.242. The molecule has 0 spiro atoms. The van der Waals surface area contributed by atoms with Crippen LogP contribution in [0, 0.1) is 0 Å². The van der Waals surface area contributed by atoms with Crippen LogP contribution in [0.2, 0.25) is 15.5 Å². The Morgan fingerprint density at radius 1 is 0.678 bits per heavy atom. The fourth-order valence-corrected chi connectivity index (χ4v) is 6.26. The topological polar surface area (TPSA) is 156 Å². The number of hydrogen-bond donors (Lipinski definition) is 2. The van der Waals surface area contributed by atoms with E-state index in [9.17, 15) is 19.5 Å². The summed E-state index contributed by atoms with van der Waals surface area (Å²) in [4.78, 5) is 47.7. The number of amides is 2. The van der Waals surface area contributed by atoms with Gasteiger partial charge in [0.2, 0.25) is 0 Å². The molecule has 0 unspecified atom stereocenters. The molecule has 13 nitrogen and oxygen atoms in total. The van der Waals surface area contributed by atoms with E-state index in [1.807, 2.05) is 47.6 Å². The molecule has 0 aromatic carbocycles. The van der Waals surface area contributed by atoms with Gasteiger partial charge in [-0.1, -0.05) is 56.1 Å². The van der Waals surface area contributed by atoms with Crippen molar-refractivity contribution in [3.8, 4) is 11.5 Å². The number of nitrogens with zero attached hydrogens (tertiary/aromatic N) is 4. The number of rotatable bonds is 4. The molecule has 3 aromatic heterocycles. The van der Waals surface area contributed by atoms with Crippen LogP contribution in [0.1, 0.15) is 114 Å². The molecule has 0 radical (unpaired) electrons. The summed E-state index contributed by atoms with van der Waals surface area (Å²) in [5.41, 5.74) is -0.973. The highest BCUT2D eigenvalue weighted by Gasteiger charge is 2.28. The minimum absolute atomic E-state index is 0. The molecular formula is C43H66Cl3N5O8. The lowest BCUT2D eigenvalue weighted by Crippen LogP contribution is -2.44. The lowest BCUT2D eigenvalue weighted by molar-refractivity contribution is 0.00959. The normalized spacial score (nSPS) is 16.1. The van der Waals surface area contributed by atoms with Gasteiger partial charge in [-0.05, 0) is 92.2 Å². The molecule has 332 valence electrons. The van der Waals surface area contributed by atoms with Crippen LogP contribution in [0.15, 0.2) is 59.8 Å². The van der Waals surface area contributed by atoms with Crippen LogP contribution in [-0.2, 0) is 9.47 Å². The van der Waals surface area contributed by atoms with Gasteiger partial charge in [-0.25, -0.2) is 19.6 Å². The zero-order valence-corrected chi connectivity index (χ0v) is 36.1. The van der Waals surface area contributed by atoms with Gasteiger partial charge >= 0.3 is 12.2 Å². The van der Waals surface area contributed by atoms with E-state index in [4.69, 9.17) is 53.8 Å². The van der Waals surface area contributed by atoms with Crippen LogP contribution in [0.3, 0.4) is 0 Å². The second-order valence-electron chi connectivity index (χ2n) is 15.9. The van der Waals surface area contributed by atoms with Gasteiger partial charge in [-0.3, -0.25) is 4.79 Å². The van der Waals surface area contributed by atoms with Crippen molar-refractivity contribution in [1.82, 2.24) is 24.8 Å². The molecule has 3 fully saturated rings. The number of carbonyl (C=O) groups is 2. The molecule has 6 rings (SSSR count). The minimum atomic E-state index is -0.460.